The number of aryl methyl sites for hydroxylation is 1. The first-order valence-corrected chi connectivity index (χ1v) is 7.48. The van der Waals surface area contributed by atoms with E-state index in [0.717, 1.165) is 24.8 Å². The fraction of sp³-hybridized carbons (Fsp3) is 0.267. The van der Waals surface area contributed by atoms with Crippen LogP contribution >= 0.6 is 22.9 Å². The number of benzene rings is 1. The second-order valence-electron chi connectivity index (χ2n) is 4.73. The van der Waals surface area contributed by atoms with Gasteiger partial charge in [0.05, 0.1) is 5.02 Å². The van der Waals surface area contributed by atoms with Crippen LogP contribution in [0.2, 0.25) is 5.02 Å². The number of ketones is 1. The Morgan fingerprint density at radius 2 is 2.21 bits per heavy atom. The van der Waals surface area contributed by atoms with Gasteiger partial charge in [0, 0.05) is 16.4 Å². The molecule has 0 amide bonds. The Hall–Kier alpha value is -1.19. The number of hydrogen-bond acceptors (Lipinski definition) is 2. The standard InChI is InChI=1S/C15H12ClFOS/c16-13-8-9(17)4-5-12(13)15(18)11-2-1-3-14-10(11)6-7-19-14/h4-8,11H,1-3H2. The molecule has 0 fully saturated rings. The molecule has 0 spiro atoms. The summed E-state index contributed by atoms with van der Waals surface area (Å²) in [5, 5.41) is 2.23. The Labute approximate surface area is 120 Å². The van der Waals surface area contributed by atoms with Gasteiger partial charge < -0.3 is 0 Å². The summed E-state index contributed by atoms with van der Waals surface area (Å²) in [6.07, 6.45) is 2.91. The fourth-order valence-corrected chi connectivity index (χ4v) is 3.88. The van der Waals surface area contributed by atoms with E-state index in [1.54, 1.807) is 11.3 Å². The van der Waals surface area contributed by atoms with E-state index in [9.17, 15) is 9.18 Å². The van der Waals surface area contributed by atoms with Crippen LogP contribution in [0, 0.1) is 5.82 Å². The monoisotopic (exact) mass is 294 g/mol. The first kappa shape index (κ1) is 12.8. The van der Waals surface area contributed by atoms with Gasteiger partial charge in [0.2, 0.25) is 0 Å². The Kier molecular flexibility index (Phi) is 3.42. The van der Waals surface area contributed by atoms with E-state index >= 15 is 0 Å². The van der Waals surface area contributed by atoms with Gasteiger partial charge >= 0.3 is 0 Å². The molecule has 0 radical (unpaired) electrons. The van der Waals surface area contributed by atoms with Crippen LogP contribution in [-0.2, 0) is 6.42 Å². The molecule has 1 aromatic carbocycles. The van der Waals surface area contributed by atoms with Gasteiger partial charge in [0.25, 0.3) is 0 Å². The number of carbonyl (C=O) groups is 1. The van der Waals surface area contributed by atoms with E-state index in [4.69, 9.17) is 11.6 Å². The van der Waals surface area contributed by atoms with Crippen molar-refractivity contribution in [2.24, 2.45) is 0 Å². The largest absolute Gasteiger partial charge is 0.293 e. The maximum absolute atomic E-state index is 13.0. The van der Waals surface area contributed by atoms with Gasteiger partial charge in [-0.3, -0.25) is 4.79 Å². The number of rotatable bonds is 2. The number of halogens is 2. The van der Waals surface area contributed by atoms with E-state index in [2.05, 4.69) is 0 Å². The molecule has 4 heteroatoms. The van der Waals surface area contributed by atoms with E-state index in [0.29, 0.717) is 5.56 Å². The molecule has 1 aliphatic carbocycles. The number of hydrogen-bond donors (Lipinski definition) is 0. The Balaban J connectivity index is 1.98. The van der Waals surface area contributed by atoms with Crippen molar-refractivity contribution in [1.29, 1.82) is 0 Å². The lowest BCUT2D eigenvalue weighted by Gasteiger charge is -2.21. The summed E-state index contributed by atoms with van der Waals surface area (Å²) in [6, 6.07) is 6.00. The van der Waals surface area contributed by atoms with Crippen LogP contribution in [-0.4, -0.2) is 5.78 Å². The van der Waals surface area contributed by atoms with Crippen LogP contribution in [0.5, 0.6) is 0 Å². The van der Waals surface area contributed by atoms with Gasteiger partial charge in [0.1, 0.15) is 5.82 Å². The zero-order chi connectivity index (χ0) is 13.4. The van der Waals surface area contributed by atoms with Crippen molar-refractivity contribution in [1.82, 2.24) is 0 Å². The molecule has 0 aliphatic heterocycles. The summed E-state index contributed by atoms with van der Waals surface area (Å²) in [5.41, 5.74) is 1.55. The highest BCUT2D eigenvalue weighted by Gasteiger charge is 2.29. The number of fused-ring (bicyclic) bond motifs is 1. The second kappa shape index (κ2) is 5.06. The van der Waals surface area contributed by atoms with E-state index < -0.39 is 5.82 Å². The zero-order valence-electron chi connectivity index (χ0n) is 10.2. The van der Waals surface area contributed by atoms with Gasteiger partial charge in [-0.25, -0.2) is 4.39 Å². The highest BCUT2D eigenvalue weighted by Crippen LogP contribution is 2.37. The molecular weight excluding hydrogens is 283 g/mol. The zero-order valence-corrected chi connectivity index (χ0v) is 11.7. The first-order valence-electron chi connectivity index (χ1n) is 6.22. The quantitative estimate of drug-likeness (QED) is 0.724. The molecule has 0 bridgehead atoms. The SMILES string of the molecule is O=C(c1ccc(F)cc1Cl)C1CCCc2sccc21. The number of carbonyl (C=O) groups excluding carboxylic acids is 1. The van der Waals surface area contributed by atoms with Crippen molar-refractivity contribution in [2.45, 2.75) is 25.2 Å². The summed E-state index contributed by atoms with van der Waals surface area (Å²) in [6.45, 7) is 0. The maximum atomic E-state index is 13.0. The molecule has 2 aromatic rings. The van der Waals surface area contributed by atoms with Gasteiger partial charge in [0.15, 0.2) is 5.78 Å². The predicted octanol–water partition coefficient (Wildman–Crippen LogP) is 4.84. The summed E-state index contributed by atoms with van der Waals surface area (Å²) < 4.78 is 13.0. The minimum absolute atomic E-state index is 0.00403. The molecule has 1 aromatic heterocycles. The van der Waals surface area contributed by atoms with Crippen LogP contribution in [0.1, 0.15) is 39.6 Å². The minimum atomic E-state index is -0.415. The normalized spacial score (nSPS) is 18.1. The molecule has 1 unspecified atom stereocenters. The number of thiophene rings is 1. The van der Waals surface area contributed by atoms with Crippen molar-refractivity contribution in [3.05, 3.63) is 56.5 Å². The third kappa shape index (κ3) is 2.33. The van der Waals surface area contributed by atoms with Crippen LogP contribution in [0.25, 0.3) is 0 Å². The summed E-state index contributed by atoms with van der Waals surface area (Å²) in [7, 11) is 0. The average molecular weight is 295 g/mol. The molecule has 0 saturated carbocycles. The van der Waals surface area contributed by atoms with Crippen molar-refractivity contribution in [2.75, 3.05) is 0 Å². The molecule has 19 heavy (non-hydrogen) atoms. The third-order valence-electron chi connectivity index (χ3n) is 3.57. The van der Waals surface area contributed by atoms with Crippen LogP contribution in [0.3, 0.4) is 0 Å². The Morgan fingerprint density at radius 3 is 3.00 bits per heavy atom. The van der Waals surface area contributed by atoms with Gasteiger partial charge in [-0.05, 0) is 54.5 Å². The van der Waals surface area contributed by atoms with Gasteiger partial charge in [-0.1, -0.05) is 11.6 Å². The Bertz CT molecular complexity index is 635. The van der Waals surface area contributed by atoms with Crippen LogP contribution in [0.15, 0.2) is 29.6 Å². The van der Waals surface area contributed by atoms with Crippen molar-refractivity contribution >= 4 is 28.7 Å². The van der Waals surface area contributed by atoms with Crippen molar-refractivity contribution in [3.8, 4) is 0 Å². The summed E-state index contributed by atoms with van der Waals surface area (Å²) >= 11 is 7.69. The lowest BCUT2D eigenvalue weighted by Crippen LogP contribution is -2.17. The molecule has 0 N–H and O–H groups in total. The fourth-order valence-electron chi connectivity index (χ4n) is 2.64. The summed E-state index contributed by atoms with van der Waals surface area (Å²) in [4.78, 5) is 13.9. The third-order valence-corrected chi connectivity index (χ3v) is 4.87. The summed E-state index contributed by atoms with van der Waals surface area (Å²) in [5.74, 6) is -0.538. The van der Waals surface area contributed by atoms with Crippen molar-refractivity contribution in [3.63, 3.8) is 0 Å². The topological polar surface area (TPSA) is 17.1 Å². The highest BCUT2D eigenvalue weighted by atomic mass is 35.5. The molecule has 1 aliphatic rings. The maximum Gasteiger partial charge on any atom is 0.171 e. The lowest BCUT2D eigenvalue weighted by molar-refractivity contribution is 0.0951. The molecule has 0 saturated heterocycles. The molecule has 98 valence electrons. The lowest BCUT2D eigenvalue weighted by atomic mass is 9.82. The molecule has 3 rings (SSSR count). The molecule has 1 nitrogen and oxygen atoms in total. The van der Waals surface area contributed by atoms with Gasteiger partial charge in [-0.15, -0.1) is 11.3 Å². The van der Waals surface area contributed by atoms with Crippen molar-refractivity contribution < 1.29 is 9.18 Å². The van der Waals surface area contributed by atoms with E-state index in [-0.39, 0.29) is 16.7 Å². The van der Waals surface area contributed by atoms with E-state index in [1.807, 2.05) is 11.4 Å². The van der Waals surface area contributed by atoms with Gasteiger partial charge in [-0.2, -0.15) is 0 Å². The molecule has 1 heterocycles. The van der Waals surface area contributed by atoms with Crippen LogP contribution < -0.4 is 0 Å². The first-order chi connectivity index (χ1) is 9.16. The van der Waals surface area contributed by atoms with Crippen LogP contribution in [0.4, 0.5) is 4.39 Å². The smallest absolute Gasteiger partial charge is 0.171 e. The minimum Gasteiger partial charge on any atom is -0.293 e. The van der Waals surface area contributed by atoms with E-state index in [1.165, 1.54) is 23.1 Å². The predicted molar refractivity (Wildman–Crippen MR) is 75.7 cm³/mol. The Morgan fingerprint density at radius 1 is 1.37 bits per heavy atom. The second-order valence-corrected chi connectivity index (χ2v) is 6.14. The highest BCUT2D eigenvalue weighted by molar-refractivity contribution is 7.10. The molecular formula is C15H12ClFOS. The number of Topliss-reactive ketones (excluding diaryl/α,β-unsaturated/α-hetero) is 1. The molecule has 1 atom stereocenters. The average Bonchev–Trinajstić information content (AvgIpc) is 2.86.